The number of hydrogen-bond acceptors (Lipinski definition) is 1. The first-order chi connectivity index (χ1) is 11.2. The van der Waals surface area contributed by atoms with Crippen molar-refractivity contribution in [2.75, 3.05) is 32.4 Å². The van der Waals surface area contributed by atoms with Crippen LogP contribution in [0.5, 0.6) is 0 Å². The van der Waals surface area contributed by atoms with Gasteiger partial charge >= 0.3 is 0 Å². The molecule has 1 heterocycles. The van der Waals surface area contributed by atoms with Crippen LogP contribution in [-0.2, 0) is 13.1 Å². The summed E-state index contributed by atoms with van der Waals surface area (Å²) >= 11 is 1.79. The summed E-state index contributed by atoms with van der Waals surface area (Å²) in [6.07, 6.45) is 2.11. The minimum Gasteiger partial charge on any atom is -0.322 e. The quantitative estimate of drug-likeness (QED) is 0.778. The molecule has 1 saturated heterocycles. The van der Waals surface area contributed by atoms with Gasteiger partial charge in [-0.15, -0.1) is 11.8 Å². The van der Waals surface area contributed by atoms with Gasteiger partial charge in [0.25, 0.3) is 0 Å². The fourth-order valence-corrected chi connectivity index (χ4v) is 3.69. The molecule has 0 unspecified atom stereocenters. The van der Waals surface area contributed by atoms with Crippen LogP contribution in [0.25, 0.3) is 0 Å². The molecular weight excluding hydrogens is 307 g/mol. The van der Waals surface area contributed by atoms with E-state index in [4.69, 9.17) is 0 Å². The van der Waals surface area contributed by atoms with E-state index in [-0.39, 0.29) is 5.82 Å². The fraction of sp³-hybridized carbons (Fsp3) is 0.368. The number of quaternary nitrogens is 2. The van der Waals surface area contributed by atoms with E-state index in [0.29, 0.717) is 0 Å². The molecule has 0 amide bonds. The first-order valence-electron chi connectivity index (χ1n) is 8.27. The molecule has 0 saturated carbocycles. The van der Waals surface area contributed by atoms with Crippen LogP contribution in [-0.4, -0.2) is 32.4 Å². The summed E-state index contributed by atoms with van der Waals surface area (Å²) in [5.41, 5.74) is 2.53. The van der Waals surface area contributed by atoms with Crippen LogP contribution in [0.2, 0.25) is 0 Å². The largest absolute Gasteiger partial charge is 0.322 e. The van der Waals surface area contributed by atoms with Gasteiger partial charge < -0.3 is 9.80 Å². The van der Waals surface area contributed by atoms with Crippen molar-refractivity contribution in [2.45, 2.75) is 18.0 Å². The molecule has 3 rings (SSSR count). The Morgan fingerprint density at radius 3 is 2.04 bits per heavy atom. The highest BCUT2D eigenvalue weighted by Crippen LogP contribution is 2.14. The van der Waals surface area contributed by atoms with Gasteiger partial charge in [0.15, 0.2) is 0 Å². The summed E-state index contributed by atoms with van der Waals surface area (Å²) in [6, 6.07) is 16.0. The second kappa shape index (κ2) is 7.95. The van der Waals surface area contributed by atoms with Crippen molar-refractivity contribution in [2.24, 2.45) is 0 Å². The Labute approximate surface area is 142 Å². The molecule has 0 bridgehead atoms. The van der Waals surface area contributed by atoms with Gasteiger partial charge in [-0.1, -0.05) is 24.3 Å². The Morgan fingerprint density at radius 2 is 1.48 bits per heavy atom. The SMILES string of the molecule is CSc1ccc(C[NH+]2CC[NH+](Cc3cccc(F)c3)CC2)cc1. The van der Waals surface area contributed by atoms with Gasteiger partial charge in [-0.3, -0.25) is 0 Å². The molecular formula is C19H25FN2S+2. The van der Waals surface area contributed by atoms with Crippen LogP contribution >= 0.6 is 11.8 Å². The first-order valence-corrected chi connectivity index (χ1v) is 9.50. The summed E-state index contributed by atoms with van der Waals surface area (Å²) in [5, 5.41) is 0. The van der Waals surface area contributed by atoms with Crippen molar-refractivity contribution in [1.82, 2.24) is 0 Å². The van der Waals surface area contributed by atoms with Crippen molar-refractivity contribution >= 4 is 11.8 Å². The number of benzene rings is 2. The van der Waals surface area contributed by atoms with Crippen LogP contribution in [0.4, 0.5) is 4.39 Å². The highest BCUT2D eigenvalue weighted by atomic mass is 32.2. The van der Waals surface area contributed by atoms with Crippen LogP contribution in [0, 0.1) is 5.82 Å². The van der Waals surface area contributed by atoms with Gasteiger partial charge in [-0.2, -0.15) is 0 Å². The van der Waals surface area contributed by atoms with E-state index < -0.39 is 0 Å². The maximum Gasteiger partial charge on any atom is 0.127 e. The molecule has 1 aliphatic heterocycles. The first kappa shape index (κ1) is 16.5. The number of hydrogen-bond donors (Lipinski definition) is 2. The third-order valence-corrected chi connectivity index (χ3v) is 5.36. The van der Waals surface area contributed by atoms with Crippen molar-refractivity contribution in [3.8, 4) is 0 Å². The molecule has 1 fully saturated rings. The lowest BCUT2D eigenvalue weighted by Gasteiger charge is -2.29. The maximum absolute atomic E-state index is 13.3. The Morgan fingerprint density at radius 1 is 0.870 bits per heavy atom. The van der Waals surface area contributed by atoms with Crippen molar-refractivity contribution < 1.29 is 14.2 Å². The molecule has 0 atom stereocenters. The van der Waals surface area contributed by atoms with E-state index in [2.05, 4.69) is 30.5 Å². The second-order valence-corrected chi connectivity index (χ2v) is 7.21. The fourth-order valence-electron chi connectivity index (χ4n) is 3.28. The van der Waals surface area contributed by atoms with E-state index in [1.54, 1.807) is 27.6 Å². The van der Waals surface area contributed by atoms with Gasteiger partial charge in [0.2, 0.25) is 0 Å². The minimum absolute atomic E-state index is 0.125. The Hall–Kier alpha value is -1.36. The van der Waals surface area contributed by atoms with Crippen LogP contribution in [0.15, 0.2) is 53.4 Å². The van der Waals surface area contributed by atoms with Crippen molar-refractivity contribution in [3.05, 3.63) is 65.5 Å². The molecule has 23 heavy (non-hydrogen) atoms. The van der Waals surface area contributed by atoms with Gasteiger partial charge in [0.05, 0.1) is 0 Å². The normalized spacial score (nSPS) is 21.3. The molecule has 0 aromatic heterocycles. The number of rotatable bonds is 5. The smallest absolute Gasteiger partial charge is 0.127 e. The number of piperazine rings is 1. The molecule has 0 radical (unpaired) electrons. The molecule has 2 aromatic carbocycles. The Bertz CT molecular complexity index is 622. The molecule has 122 valence electrons. The molecule has 0 aliphatic carbocycles. The number of halogens is 1. The van der Waals surface area contributed by atoms with Gasteiger partial charge in [0, 0.05) is 16.0 Å². The average molecular weight is 332 g/mol. The second-order valence-electron chi connectivity index (χ2n) is 6.33. The third kappa shape index (κ3) is 4.80. The van der Waals surface area contributed by atoms with Crippen LogP contribution in [0.1, 0.15) is 11.1 Å². The Kier molecular flexibility index (Phi) is 5.70. The van der Waals surface area contributed by atoms with Gasteiger partial charge in [-0.05, 0) is 30.5 Å². The lowest BCUT2D eigenvalue weighted by Crippen LogP contribution is -3.27. The maximum atomic E-state index is 13.3. The molecule has 0 spiro atoms. The highest BCUT2D eigenvalue weighted by Gasteiger charge is 2.23. The molecule has 4 heteroatoms. The van der Waals surface area contributed by atoms with E-state index in [1.807, 2.05) is 12.1 Å². The standard InChI is InChI=1S/C19H23FN2S/c1-23-19-7-5-16(6-8-19)14-21-9-11-22(12-10-21)15-17-3-2-4-18(20)13-17/h2-8,13H,9-12,14-15H2,1H3/p+2. The zero-order chi connectivity index (χ0) is 16.1. The molecule has 1 aliphatic rings. The van der Waals surface area contributed by atoms with E-state index in [0.717, 1.165) is 31.7 Å². The topological polar surface area (TPSA) is 8.88 Å². The predicted octanol–water partition coefficient (Wildman–Crippen LogP) is 1.03. The molecule has 2 aromatic rings. The average Bonchev–Trinajstić information content (AvgIpc) is 2.57. The van der Waals surface area contributed by atoms with E-state index in [1.165, 1.54) is 29.6 Å². The van der Waals surface area contributed by atoms with Gasteiger partial charge in [-0.25, -0.2) is 4.39 Å². The zero-order valence-electron chi connectivity index (χ0n) is 13.6. The lowest BCUT2D eigenvalue weighted by atomic mass is 10.1. The zero-order valence-corrected chi connectivity index (χ0v) is 14.5. The van der Waals surface area contributed by atoms with E-state index in [9.17, 15) is 4.39 Å². The molecule has 2 nitrogen and oxygen atoms in total. The highest BCUT2D eigenvalue weighted by molar-refractivity contribution is 7.98. The minimum atomic E-state index is -0.125. The Balaban J connectivity index is 1.48. The lowest BCUT2D eigenvalue weighted by molar-refractivity contribution is -1.02. The van der Waals surface area contributed by atoms with Gasteiger partial charge in [0.1, 0.15) is 45.1 Å². The number of nitrogens with one attached hydrogen (secondary N) is 2. The monoisotopic (exact) mass is 332 g/mol. The summed E-state index contributed by atoms with van der Waals surface area (Å²) in [4.78, 5) is 4.55. The number of thioether (sulfide) groups is 1. The predicted molar refractivity (Wildman–Crippen MR) is 93.4 cm³/mol. The summed E-state index contributed by atoms with van der Waals surface area (Å²) in [7, 11) is 0. The summed E-state index contributed by atoms with van der Waals surface area (Å²) in [6.45, 7) is 6.75. The third-order valence-electron chi connectivity index (χ3n) is 4.62. The summed E-state index contributed by atoms with van der Waals surface area (Å²) in [5.74, 6) is -0.125. The van der Waals surface area contributed by atoms with Crippen molar-refractivity contribution in [3.63, 3.8) is 0 Å². The van der Waals surface area contributed by atoms with E-state index >= 15 is 0 Å². The van der Waals surface area contributed by atoms with Crippen LogP contribution < -0.4 is 9.80 Å². The molecule has 2 N–H and O–H groups in total. The van der Waals surface area contributed by atoms with Crippen molar-refractivity contribution in [1.29, 1.82) is 0 Å². The summed E-state index contributed by atoms with van der Waals surface area (Å²) < 4.78 is 13.3. The van der Waals surface area contributed by atoms with Crippen LogP contribution in [0.3, 0.4) is 0 Å².